The maximum atomic E-state index is 11.8. The molecule has 2 N–H and O–H groups in total. The van der Waals surface area contributed by atoms with Crippen LogP contribution in [-0.4, -0.2) is 14.9 Å². The minimum absolute atomic E-state index is 0.0896. The van der Waals surface area contributed by atoms with Gasteiger partial charge in [-0.25, -0.2) is 4.79 Å². The quantitative estimate of drug-likeness (QED) is 0.844. The highest BCUT2D eigenvalue weighted by Crippen LogP contribution is 2.16. The predicted octanol–water partition coefficient (Wildman–Crippen LogP) is 0.922. The zero-order chi connectivity index (χ0) is 13.8. The molecule has 0 atom stereocenters. The largest absolute Gasteiger partial charge is 0.393 e. The van der Waals surface area contributed by atoms with E-state index in [1.54, 1.807) is 18.8 Å². The molecule has 0 saturated carbocycles. The number of hydrogen-bond acceptors (Lipinski definition) is 4. The number of hydrogen-bond donors (Lipinski definition) is 1. The first-order valence-corrected chi connectivity index (χ1v) is 6.82. The van der Waals surface area contributed by atoms with Crippen molar-refractivity contribution in [2.24, 2.45) is 7.05 Å². The molecular weight excluding hydrogens is 262 g/mol. The monoisotopic (exact) mass is 277 g/mol. The van der Waals surface area contributed by atoms with Crippen LogP contribution in [0, 0.1) is 0 Å². The number of aromatic nitrogens is 2. The summed E-state index contributed by atoms with van der Waals surface area (Å²) < 4.78 is 2.50. The minimum Gasteiger partial charge on any atom is -0.393 e. The highest BCUT2D eigenvalue weighted by atomic mass is 32.2. The van der Waals surface area contributed by atoms with Crippen LogP contribution in [-0.2, 0) is 13.6 Å². The van der Waals surface area contributed by atoms with Gasteiger partial charge >= 0.3 is 5.69 Å². The van der Waals surface area contributed by atoms with Gasteiger partial charge in [0.25, 0.3) is 5.56 Å². The van der Waals surface area contributed by atoms with Crippen molar-refractivity contribution < 1.29 is 0 Å². The van der Waals surface area contributed by atoms with Crippen LogP contribution in [0.2, 0.25) is 0 Å². The van der Waals surface area contributed by atoms with Gasteiger partial charge in [0.2, 0.25) is 0 Å². The van der Waals surface area contributed by atoms with Crippen LogP contribution in [0.3, 0.4) is 0 Å². The van der Waals surface area contributed by atoms with Crippen molar-refractivity contribution in [2.75, 3.05) is 11.5 Å². The van der Waals surface area contributed by atoms with Crippen LogP contribution in [0.25, 0.3) is 0 Å². The Morgan fingerprint density at radius 1 is 1.21 bits per heavy atom. The molecule has 0 fully saturated rings. The molecule has 0 aliphatic carbocycles. The second-order valence-electron chi connectivity index (χ2n) is 4.10. The normalized spacial score (nSPS) is 10.6. The lowest BCUT2D eigenvalue weighted by molar-refractivity contribution is 0.629. The second kappa shape index (κ2) is 5.79. The first kappa shape index (κ1) is 13.5. The van der Waals surface area contributed by atoms with E-state index in [0.29, 0.717) is 12.3 Å². The Kier molecular flexibility index (Phi) is 4.11. The van der Waals surface area contributed by atoms with Crippen molar-refractivity contribution in [3.8, 4) is 0 Å². The summed E-state index contributed by atoms with van der Waals surface area (Å²) in [6, 6.07) is 9.83. The van der Waals surface area contributed by atoms with Gasteiger partial charge < -0.3 is 10.3 Å². The van der Waals surface area contributed by atoms with Gasteiger partial charge in [0, 0.05) is 30.4 Å². The van der Waals surface area contributed by atoms with Crippen molar-refractivity contribution in [2.45, 2.75) is 11.4 Å². The fraction of sp³-hybridized carbons (Fsp3) is 0.231. The highest BCUT2D eigenvalue weighted by Gasteiger charge is 2.07. The van der Waals surface area contributed by atoms with E-state index in [-0.39, 0.29) is 11.4 Å². The van der Waals surface area contributed by atoms with Gasteiger partial charge in [-0.3, -0.25) is 9.36 Å². The molecule has 0 spiro atoms. The third-order valence-electron chi connectivity index (χ3n) is 2.68. The van der Waals surface area contributed by atoms with Crippen molar-refractivity contribution in [3.05, 3.63) is 57.4 Å². The van der Waals surface area contributed by atoms with Crippen molar-refractivity contribution >= 4 is 17.4 Å². The van der Waals surface area contributed by atoms with Crippen LogP contribution in [0.15, 0.2) is 51.0 Å². The average Bonchev–Trinajstić information content (AvgIpc) is 2.42. The SMILES string of the molecule is Cn1cc(N)c(=O)n(CCSc2ccccc2)c1=O. The van der Waals surface area contributed by atoms with E-state index in [1.807, 2.05) is 30.3 Å². The summed E-state index contributed by atoms with van der Waals surface area (Å²) in [6.07, 6.45) is 1.35. The van der Waals surface area contributed by atoms with Gasteiger partial charge in [-0.2, -0.15) is 0 Å². The molecule has 100 valence electrons. The number of benzene rings is 1. The lowest BCUT2D eigenvalue weighted by Gasteiger charge is -2.08. The number of anilines is 1. The zero-order valence-corrected chi connectivity index (χ0v) is 11.4. The molecule has 1 aromatic carbocycles. The van der Waals surface area contributed by atoms with E-state index in [2.05, 4.69) is 0 Å². The van der Waals surface area contributed by atoms with Gasteiger partial charge in [0.05, 0.1) is 0 Å². The molecule has 0 aliphatic rings. The first-order valence-electron chi connectivity index (χ1n) is 5.83. The van der Waals surface area contributed by atoms with Crippen LogP contribution in [0.1, 0.15) is 0 Å². The van der Waals surface area contributed by atoms with Gasteiger partial charge in [-0.05, 0) is 12.1 Å². The Morgan fingerprint density at radius 3 is 2.58 bits per heavy atom. The van der Waals surface area contributed by atoms with Gasteiger partial charge in [-0.1, -0.05) is 18.2 Å². The number of thioether (sulfide) groups is 1. The summed E-state index contributed by atoms with van der Waals surface area (Å²) in [7, 11) is 1.58. The van der Waals surface area contributed by atoms with E-state index < -0.39 is 5.56 Å². The van der Waals surface area contributed by atoms with E-state index in [0.717, 1.165) is 4.90 Å². The molecule has 0 radical (unpaired) electrons. The maximum Gasteiger partial charge on any atom is 0.330 e. The highest BCUT2D eigenvalue weighted by molar-refractivity contribution is 7.99. The fourth-order valence-corrected chi connectivity index (χ4v) is 2.58. The molecule has 2 aromatic rings. The van der Waals surface area contributed by atoms with Crippen LogP contribution < -0.4 is 17.0 Å². The molecule has 19 heavy (non-hydrogen) atoms. The Bertz CT molecular complexity index is 642. The van der Waals surface area contributed by atoms with Crippen molar-refractivity contribution in [1.82, 2.24) is 9.13 Å². The molecule has 0 aliphatic heterocycles. The molecule has 0 bridgehead atoms. The summed E-state index contributed by atoms with van der Waals surface area (Å²) in [5.41, 5.74) is 4.90. The zero-order valence-electron chi connectivity index (χ0n) is 10.6. The molecule has 6 heteroatoms. The molecule has 2 rings (SSSR count). The Hall–Kier alpha value is -1.95. The number of rotatable bonds is 4. The molecule has 1 heterocycles. The van der Waals surface area contributed by atoms with Crippen LogP contribution in [0.5, 0.6) is 0 Å². The molecule has 0 amide bonds. The number of nitrogens with two attached hydrogens (primary N) is 1. The minimum atomic E-state index is -0.420. The Balaban J connectivity index is 2.13. The summed E-state index contributed by atoms with van der Waals surface area (Å²) in [5, 5.41) is 0. The van der Waals surface area contributed by atoms with E-state index in [4.69, 9.17) is 5.73 Å². The first-order chi connectivity index (χ1) is 9.09. The Morgan fingerprint density at radius 2 is 1.89 bits per heavy atom. The Labute approximate surface area is 114 Å². The lowest BCUT2D eigenvalue weighted by Crippen LogP contribution is -2.40. The van der Waals surface area contributed by atoms with E-state index in [9.17, 15) is 9.59 Å². The fourth-order valence-electron chi connectivity index (χ4n) is 1.72. The van der Waals surface area contributed by atoms with Gasteiger partial charge in [-0.15, -0.1) is 11.8 Å². The molecule has 1 aromatic heterocycles. The maximum absolute atomic E-state index is 11.8. The number of nitrogen functional groups attached to an aromatic ring is 1. The molecule has 0 saturated heterocycles. The molecule has 5 nitrogen and oxygen atoms in total. The smallest absolute Gasteiger partial charge is 0.330 e. The van der Waals surface area contributed by atoms with E-state index in [1.165, 1.54) is 15.3 Å². The van der Waals surface area contributed by atoms with Crippen LogP contribution in [0.4, 0.5) is 5.69 Å². The van der Waals surface area contributed by atoms with E-state index >= 15 is 0 Å². The van der Waals surface area contributed by atoms with Crippen molar-refractivity contribution in [1.29, 1.82) is 0 Å². The third kappa shape index (κ3) is 3.08. The standard InChI is InChI=1S/C13H15N3O2S/c1-15-9-11(14)12(17)16(13(15)18)7-8-19-10-5-3-2-4-6-10/h2-6,9H,7-8,14H2,1H3. The summed E-state index contributed by atoms with van der Waals surface area (Å²) in [6.45, 7) is 0.343. The molecule has 0 unspecified atom stereocenters. The number of nitrogens with zero attached hydrogens (tertiary/aromatic N) is 2. The van der Waals surface area contributed by atoms with Crippen molar-refractivity contribution in [3.63, 3.8) is 0 Å². The average molecular weight is 277 g/mol. The van der Waals surface area contributed by atoms with Crippen LogP contribution >= 0.6 is 11.8 Å². The van der Waals surface area contributed by atoms with Gasteiger partial charge in [0.15, 0.2) is 0 Å². The third-order valence-corrected chi connectivity index (χ3v) is 3.68. The lowest BCUT2D eigenvalue weighted by atomic mass is 10.4. The summed E-state index contributed by atoms with van der Waals surface area (Å²) >= 11 is 1.60. The second-order valence-corrected chi connectivity index (χ2v) is 5.26. The van der Waals surface area contributed by atoms with Gasteiger partial charge in [0.1, 0.15) is 5.69 Å². The number of aryl methyl sites for hydroxylation is 1. The summed E-state index contributed by atoms with van der Waals surface area (Å²) in [4.78, 5) is 24.8. The summed E-state index contributed by atoms with van der Waals surface area (Å²) in [5.74, 6) is 0.641. The topological polar surface area (TPSA) is 70.0 Å². The molecular formula is C13H15N3O2S. The predicted molar refractivity (Wildman–Crippen MR) is 77.5 cm³/mol.